The van der Waals surface area contributed by atoms with Crippen molar-refractivity contribution in [3.63, 3.8) is 0 Å². The van der Waals surface area contributed by atoms with E-state index < -0.39 is 8.03 Å². The number of hydrogen-bond acceptors (Lipinski definition) is 3. The quantitative estimate of drug-likeness (QED) is 0.566. The van der Waals surface area contributed by atoms with Crippen LogP contribution in [0.1, 0.15) is 13.3 Å². The van der Waals surface area contributed by atoms with Crippen molar-refractivity contribution >= 4 is 13.8 Å². The van der Waals surface area contributed by atoms with Crippen LogP contribution in [0.4, 0.5) is 0 Å². The van der Waals surface area contributed by atoms with Crippen LogP contribution in [-0.4, -0.2) is 19.1 Å². The summed E-state index contributed by atoms with van der Waals surface area (Å²) in [6.45, 7) is 1.47. The zero-order valence-electron chi connectivity index (χ0n) is 5.59. The highest BCUT2D eigenvalue weighted by molar-refractivity contribution is 7.39. The van der Waals surface area contributed by atoms with Crippen molar-refractivity contribution in [3.05, 3.63) is 0 Å². The predicted molar refractivity (Wildman–Crippen MR) is 34.8 cm³/mol. The molecule has 0 radical (unpaired) electrons. The molecule has 0 aromatic carbocycles. The molecule has 0 aromatic heterocycles. The van der Waals surface area contributed by atoms with Crippen LogP contribution < -0.4 is 0 Å². The number of carbonyl (C=O) groups is 1. The molecule has 52 valence electrons. The first-order valence-corrected chi connectivity index (χ1v) is 4.01. The first-order chi connectivity index (χ1) is 4.16. The average molecular weight is 149 g/mol. The van der Waals surface area contributed by atoms with Crippen molar-refractivity contribution in [1.82, 2.24) is 0 Å². The van der Waals surface area contributed by atoms with Crippen LogP contribution in [-0.2, 0) is 13.9 Å². The molecule has 0 bridgehead atoms. The van der Waals surface area contributed by atoms with Crippen molar-refractivity contribution < 1.29 is 13.9 Å². The maximum absolute atomic E-state index is 10.5. The molecule has 0 aromatic rings. The average Bonchev–Trinajstić information content (AvgIpc) is 1.83. The lowest BCUT2D eigenvalue weighted by Gasteiger charge is -1.80. The molecule has 0 saturated heterocycles. The number of hydrogen-bond donors (Lipinski definition) is 0. The molecule has 9 heavy (non-hydrogen) atoms. The maximum Gasteiger partial charge on any atom is 0.508 e. The Labute approximate surface area is 55.3 Å². The van der Waals surface area contributed by atoms with Gasteiger partial charge in [-0.1, -0.05) is 0 Å². The summed E-state index contributed by atoms with van der Waals surface area (Å²) >= 11 is 0. The summed E-state index contributed by atoms with van der Waals surface area (Å²) in [6.07, 6.45) is 0.699. The Morgan fingerprint density at radius 1 is 1.67 bits per heavy atom. The lowest BCUT2D eigenvalue weighted by molar-refractivity contribution is -0.116. The van der Waals surface area contributed by atoms with Gasteiger partial charge in [0.25, 0.3) is 0 Å². The molecular formula is C5H10O3P+. The molecule has 0 fully saturated rings. The number of carbonyl (C=O) groups excluding carboxylic acids is 1. The van der Waals surface area contributed by atoms with E-state index in [9.17, 15) is 9.36 Å². The zero-order valence-corrected chi connectivity index (χ0v) is 6.48. The van der Waals surface area contributed by atoms with Gasteiger partial charge in [0.05, 0.1) is 13.5 Å². The lowest BCUT2D eigenvalue weighted by atomic mass is 10.4. The second kappa shape index (κ2) is 4.59. The smallest absolute Gasteiger partial charge is 0.300 e. The Morgan fingerprint density at radius 3 is 2.56 bits per heavy atom. The molecule has 4 heteroatoms. The van der Waals surface area contributed by atoms with Crippen LogP contribution in [0, 0.1) is 0 Å². The molecule has 1 atom stereocenters. The second-order valence-corrected chi connectivity index (χ2v) is 3.17. The Kier molecular flexibility index (Phi) is 4.46. The van der Waals surface area contributed by atoms with Gasteiger partial charge in [0.15, 0.2) is 6.16 Å². The fourth-order valence-electron chi connectivity index (χ4n) is 0.340. The molecular weight excluding hydrogens is 139 g/mol. The zero-order chi connectivity index (χ0) is 7.28. The Balaban J connectivity index is 3.28. The van der Waals surface area contributed by atoms with Gasteiger partial charge in [-0.25, -0.2) is 0 Å². The third kappa shape index (κ3) is 5.60. The van der Waals surface area contributed by atoms with Gasteiger partial charge < -0.3 is 0 Å². The minimum atomic E-state index is -1.58. The SMILES string of the molecule is CO[P+](=O)CCC(C)=O. The van der Waals surface area contributed by atoms with Crippen LogP contribution in [0.25, 0.3) is 0 Å². The van der Waals surface area contributed by atoms with Crippen LogP contribution in [0.15, 0.2) is 0 Å². The predicted octanol–water partition coefficient (Wildman–Crippen LogP) is 1.35. The topological polar surface area (TPSA) is 43.4 Å². The molecule has 3 nitrogen and oxygen atoms in total. The van der Waals surface area contributed by atoms with E-state index in [2.05, 4.69) is 4.52 Å². The van der Waals surface area contributed by atoms with Crippen LogP contribution in [0.3, 0.4) is 0 Å². The highest BCUT2D eigenvalue weighted by Gasteiger charge is 2.14. The number of Topliss-reactive ketones (excluding diaryl/α,β-unsaturated/α-hetero) is 1. The largest absolute Gasteiger partial charge is 0.508 e. The summed E-state index contributed by atoms with van der Waals surface area (Å²) < 4.78 is 14.9. The molecule has 0 saturated carbocycles. The fraction of sp³-hybridized carbons (Fsp3) is 0.800. The monoisotopic (exact) mass is 149 g/mol. The summed E-state index contributed by atoms with van der Waals surface area (Å²) in [5.74, 6) is 0.0513. The fourth-order valence-corrected chi connectivity index (χ4v) is 1.02. The Bertz CT molecular complexity index is 121. The molecule has 0 rings (SSSR count). The Hall–Kier alpha value is -0.270. The van der Waals surface area contributed by atoms with Gasteiger partial charge in [-0.3, -0.25) is 4.79 Å². The van der Waals surface area contributed by atoms with Crippen molar-refractivity contribution in [2.24, 2.45) is 0 Å². The highest BCUT2D eigenvalue weighted by atomic mass is 31.1. The third-order valence-corrected chi connectivity index (χ3v) is 1.85. The first kappa shape index (κ1) is 8.73. The van der Waals surface area contributed by atoms with Crippen LogP contribution >= 0.6 is 8.03 Å². The van der Waals surface area contributed by atoms with Gasteiger partial charge in [0, 0.05) is 0 Å². The number of rotatable bonds is 4. The summed E-state index contributed by atoms with van der Waals surface area (Å²) in [5.41, 5.74) is 0. The van der Waals surface area contributed by atoms with E-state index in [-0.39, 0.29) is 5.78 Å². The molecule has 0 heterocycles. The lowest BCUT2D eigenvalue weighted by Crippen LogP contribution is -1.91. The summed E-state index contributed by atoms with van der Waals surface area (Å²) in [5, 5.41) is 0. The molecule has 0 aliphatic heterocycles. The maximum atomic E-state index is 10.5. The molecule has 0 N–H and O–H groups in total. The van der Waals surface area contributed by atoms with Gasteiger partial charge in [-0.05, 0) is 11.5 Å². The van der Waals surface area contributed by atoms with E-state index in [4.69, 9.17) is 0 Å². The summed E-state index contributed by atoms with van der Waals surface area (Å²) in [4.78, 5) is 10.3. The van der Waals surface area contributed by atoms with Crippen LogP contribution in [0.5, 0.6) is 0 Å². The molecule has 0 aliphatic carbocycles. The van der Waals surface area contributed by atoms with Crippen molar-refractivity contribution in [2.75, 3.05) is 13.3 Å². The van der Waals surface area contributed by atoms with E-state index in [0.29, 0.717) is 12.6 Å². The number of ketones is 1. The first-order valence-electron chi connectivity index (χ1n) is 2.65. The molecule has 0 amide bonds. The molecule has 0 spiro atoms. The van der Waals surface area contributed by atoms with Gasteiger partial charge in [-0.2, -0.15) is 0 Å². The van der Waals surface area contributed by atoms with Crippen molar-refractivity contribution in [1.29, 1.82) is 0 Å². The van der Waals surface area contributed by atoms with E-state index in [1.54, 1.807) is 0 Å². The summed E-state index contributed by atoms with van der Waals surface area (Å²) in [7, 11) is -0.208. The molecule has 1 unspecified atom stereocenters. The van der Waals surface area contributed by atoms with Crippen molar-refractivity contribution in [2.45, 2.75) is 13.3 Å². The minimum absolute atomic E-state index is 0.0513. The van der Waals surface area contributed by atoms with E-state index in [1.807, 2.05) is 0 Å². The van der Waals surface area contributed by atoms with Gasteiger partial charge >= 0.3 is 8.03 Å². The highest BCUT2D eigenvalue weighted by Crippen LogP contribution is 2.20. The molecule has 0 aliphatic rings. The van der Waals surface area contributed by atoms with Crippen molar-refractivity contribution in [3.8, 4) is 0 Å². The third-order valence-electron chi connectivity index (χ3n) is 0.850. The normalized spacial score (nSPS) is 11.1. The van der Waals surface area contributed by atoms with Gasteiger partial charge in [0.1, 0.15) is 5.78 Å². The van der Waals surface area contributed by atoms with E-state index >= 15 is 0 Å². The van der Waals surface area contributed by atoms with E-state index in [0.717, 1.165) is 0 Å². The Morgan fingerprint density at radius 2 is 2.22 bits per heavy atom. The van der Waals surface area contributed by atoms with Crippen LogP contribution in [0.2, 0.25) is 0 Å². The van der Waals surface area contributed by atoms with E-state index in [1.165, 1.54) is 14.0 Å². The second-order valence-electron chi connectivity index (χ2n) is 1.69. The summed E-state index contributed by atoms with van der Waals surface area (Å²) in [6, 6.07) is 0. The standard InChI is InChI=1S/C5H10O3P/c1-5(6)3-4-9(7)8-2/h3-4H2,1-2H3/q+1. The van der Waals surface area contributed by atoms with Gasteiger partial charge in [-0.15, -0.1) is 4.52 Å². The van der Waals surface area contributed by atoms with Gasteiger partial charge in [0.2, 0.25) is 0 Å². The minimum Gasteiger partial charge on any atom is -0.300 e.